The fourth-order valence-electron chi connectivity index (χ4n) is 3.46. The van der Waals surface area contributed by atoms with Gasteiger partial charge in [0.25, 0.3) is 5.91 Å². The predicted molar refractivity (Wildman–Crippen MR) is 96.4 cm³/mol. The molecule has 0 saturated heterocycles. The zero-order valence-corrected chi connectivity index (χ0v) is 14.6. The highest BCUT2D eigenvalue weighted by molar-refractivity contribution is 5.94. The molecular weight excluding hydrogens is 298 g/mol. The van der Waals surface area contributed by atoms with E-state index in [0.29, 0.717) is 5.56 Å². The molecule has 1 heterocycles. The number of carbonyl (C=O) groups excluding carboxylic acids is 1. The number of rotatable bonds is 4. The third kappa shape index (κ3) is 3.16. The Morgan fingerprint density at radius 2 is 1.92 bits per heavy atom. The van der Waals surface area contributed by atoms with E-state index in [4.69, 9.17) is 4.74 Å². The van der Waals surface area contributed by atoms with Gasteiger partial charge in [-0.3, -0.25) is 4.79 Å². The van der Waals surface area contributed by atoms with Gasteiger partial charge in [0.05, 0.1) is 6.04 Å². The second kappa shape index (κ2) is 6.68. The number of benzene rings is 2. The molecule has 0 radical (unpaired) electrons. The van der Waals surface area contributed by atoms with Gasteiger partial charge in [-0.05, 0) is 38.0 Å². The minimum absolute atomic E-state index is 0.0251. The Labute approximate surface area is 144 Å². The fourth-order valence-corrected chi connectivity index (χ4v) is 3.46. The number of nitrogens with one attached hydrogen (secondary N) is 1. The molecule has 24 heavy (non-hydrogen) atoms. The van der Waals surface area contributed by atoms with Crippen LogP contribution in [-0.2, 0) is 0 Å². The maximum atomic E-state index is 12.7. The highest BCUT2D eigenvalue weighted by Gasteiger charge is 2.38. The van der Waals surface area contributed by atoms with Gasteiger partial charge in [-0.15, -0.1) is 0 Å². The molecule has 3 rings (SSSR count). The minimum Gasteiger partial charge on any atom is -0.487 e. The molecule has 1 N–H and O–H groups in total. The van der Waals surface area contributed by atoms with Crippen LogP contribution in [0, 0.1) is 6.92 Å². The lowest BCUT2D eigenvalue weighted by atomic mass is 9.83. The van der Waals surface area contributed by atoms with Gasteiger partial charge in [0.1, 0.15) is 11.4 Å². The summed E-state index contributed by atoms with van der Waals surface area (Å²) in [5, 5.41) is 3.22. The molecule has 0 unspecified atom stereocenters. The number of carbonyl (C=O) groups is 1. The predicted octanol–water partition coefficient (Wildman–Crippen LogP) is 4.81. The van der Waals surface area contributed by atoms with Gasteiger partial charge in [-0.25, -0.2) is 0 Å². The standard InChI is InChI=1S/C21H25NO2/c1-4-21(5-2)14-18(17-11-6-7-12-19(17)24-21)22-20(23)16-10-8-9-15(3)13-16/h6-13,18H,4-5,14H2,1-3H3,(H,22,23)/t18-/m0/s1. The van der Waals surface area contributed by atoms with E-state index in [1.165, 1.54) is 0 Å². The van der Waals surface area contributed by atoms with Gasteiger partial charge in [0, 0.05) is 17.5 Å². The monoisotopic (exact) mass is 323 g/mol. The van der Waals surface area contributed by atoms with Gasteiger partial charge in [0.15, 0.2) is 0 Å². The number of aryl methyl sites for hydroxylation is 1. The quantitative estimate of drug-likeness (QED) is 0.877. The molecule has 1 amide bonds. The van der Waals surface area contributed by atoms with Crippen LogP contribution in [0.3, 0.4) is 0 Å². The first kappa shape index (κ1) is 16.6. The minimum atomic E-state index is -0.209. The van der Waals surface area contributed by atoms with Crippen molar-refractivity contribution in [3.05, 3.63) is 65.2 Å². The molecule has 3 nitrogen and oxygen atoms in total. The van der Waals surface area contributed by atoms with Crippen molar-refractivity contribution in [2.24, 2.45) is 0 Å². The SMILES string of the molecule is CCC1(CC)C[C@H](NC(=O)c2cccc(C)c2)c2ccccc2O1. The fraction of sp³-hybridized carbons (Fsp3) is 0.381. The van der Waals surface area contributed by atoms with Crippen LogP contribution in [0.25, 0.3) is 0 Å². The van der Waals surface area contributed by atoms with Crippen LogP contribution in [0.4, 0.5) is 0 Å². The lowest BCUT2D eigenvalue weighted by molar-refractivity contribution is 0.0227. The highest BCUT2D eigenvalue weighted by Crippen LogP contribution is 2.42. The lowest BCUT2D eigenvalue weighted by Gasteiger charge is -2.41. The molecule has 0 fully saturated rings. The number of para-hydroxylation sites is 1. The van der Waals surface area contributed by atoms with E-state index in [1.807, 2.05) is 55.5 Å². The molecular formula is C21H25NO2. The molecule has 126 valence electrons. The van der Waals surface area contributed by atoms with Gasteiger partial charge in [-0.1, -0.05) is 49.7 Å². The molecule has 1 aliphatic rings. The van der Waals surface area contributed by atoms with E-state index < -0.39 is 0 Å². The summed E-state index contributed by atoms with van der Waals surface area (Å²) in [5.74, 6) is 0.864. The molecule has 0 spiro atoms. The lowest BCUT2D eigenvalue weighted by Crippen LogP contribution is -2.44. The molecule has 0 saturated carbocycles. The average Bonchev–Trinajstić information content (AvgIpc) is 2.61. The Balaban J connectivity index is 1.90. The average molecular weight is 323 g/mol. The normalized spacial score (nSPS) is 18.4. The van der Waals surface area contributed by atoms with Crippen LogP contribution in [0.1, 0.15) is 60.6 Å². The molecule has 0 bridgehead atoms. The summed E-state index contributed by atoms with van der Waals surface area (Å²) in [4.78, 5) is 12.7. The second-order valence-electron chi connectivity index (χ2n) is 6.63. The van der Waals surface area contributed by atoms with E-state index in [1.54, 1.807) is 0 Å². The molecule has 3 heteroatoms. The Kier molecular flexibility index (Phi) is 4.61. The number of hydrogen-bond acceptors (Lipinski definition) is 2. The summed E-state index contributed by atoms with van der Waals surface area (Å²) in [5.41, 5.74) is 2.65. The first-order valence-electron chi connectivity index (χ1n) is 8.72. The first-order valence-corrected chi connectivity index (χ1v) is 8.72. The molecule has 1 aliphatic heterocycles. The van der Waals surface area contributed by atoms with Gasteiger partial charge >= 0.3 is 0 Å². The summed E-state index contributed by atoms with van der Waals surface area (Å²) in [6, 6.07) is 15.7. The topological polar surface area (TPSA) is 38.3 Å². The van der Waals surface area contributed by atoms with E-state index in [0.717, 1.165) is 36.1 Å². The smallest absolute Gasteiger partial charge is 0.251 e. The molecule has 2 aromatic carbocycles. The summed E-state index contributed by atoms with van der Waals surface area (Å²) in [6.07, 6.45) is 2.65. The van der Waals surface area contributed by atoms with E-state index in [-0.39, 0.29) is 17.6 Å². The number of fused-ring (bicyclic) bond motifs is 1. The van der Waals surface area contributed by atoms with Crippen molar-refractivity contribution < 1.29 is 9.53 Å². The van der Waals surface area contributed by atoms with E-state index >= 15 is 0 Å². The third-order valence-electron chi connectivity index (χ3n) is 5.07. The summed E-state index contributed by atoms with van der Waals surface area (Å²) < 4.78 is 6.30. The van der Waals surface area contributed by atoms with Gasteiger partial charge in [-0.2, -0.15) is 0 Å². The number of hydrogen-bond donors (Lipinski definition) is 1. The van der Waals surface area contributed by atoms with Gasteiger partial charge < -0.3 is 10.1 Å². The number of amides is 1. The largest absolute Gasteiger partial charge is 0.487 e. The van der Waals surface area contributed by atoms with Gasteiger partial charge in [0.2, 0.25) is 0 Å². The van der Waals surface area contributed by atoms with Crippen LogP contribution in [0.5, 0.6) is 5.75 Å². The van der Waals surface area contributed by atoms with E-state index in [9.17, 15) is 4.79 Å². The number of ether oxygens (including phenoxy) is 1. The van der Waals surface area contributed by atoms with Crippen molar-refractivity contribution in [1.29, 1.82) is 0 Å². The van der Waals surface area contributed by atoms with Crippen molar-refractivity contribution in [2.45, 2.75) is 51.7 Å². The Hall–Kier alpha value is -2.29. The van der Waals surface area contributed by atoms with Crippen molar-refractivity contribution in [3.63, 3.8) is 0 Å². The second-order valence-corrected chi connectivity index (χ2v) is 6.63. The van der Waals surface area contributed by atoms with Crippen LogP contribution < -0.4 is 10.1 Å². The summed E-state index contributed by atoms with van der Waals surface area (Å²) in [7, 11) is 0. The van der Waals surface area contributed by atoms with Crippen molar-refractivity contribution in [1.82, 2.24) is 5.32 Å². The molecule has 0 aromatic heterocycles. The Morgan fingerprint density at radius 3 is 2.62 bits per heavy atom. The Bertz CT molecular complexity index is 734. The molecule has 0 aliphatic carbocycles. The maximum absolute atomic E-state index is 12.7. The van der Waals surface area contributed by atoms with Crippen LogP contribution in [0.15, 0.2) is 48.5 Å². The zero-order chi connectivity index (χ0) is 17.2. The van der Waals surface area contributed by atoms with Crippen molar-refractivity contribution in [3.8, 4) is 5.75 Å². The highest BCUT2D eigenvalue weighted by atomic mass is 16.5. The zero-order valence-electron chi connectivity index (χ0n) is 14.6. The van der Waals surface area contributed by atoms with Crippen LogP contribution in [0.2, 0.25) is 0 Å². The molecule has 2 aromatic rings. The Morgan fingerprint density at radius 1 is 1.17 bits per heavy atom. The van der Waals surface area contributed by atoms with Crippen molar-refractivity contribution in [2.75, 3.05) is 0 Å². The first-order chi connectivity index (χ1) is 11.6. The summed E-state index contributed by atoms with van der Waals surface area (Å²) in [6.45, 7) is 6.30. The van der Waals surface area contributed by atoms with Crippen LogP contribution >= 0.6 is 0 Å². The van der Waals surface area contributed by atoms with Crippen molar-refractivity contribution >= 4 is 5.91 Å². The van der Waals surface area contributed by atoms with E-state index in [2.05, 4.69) is 19.2 Å². The summed E-state index contributed by atoms with van der Waals surface area (Å²) >= 11 is 0. The molecule has 1 atom stereocenters. The maximum Gasteiger partial charge on any atom is 0.251 e. The van der Waals surface area contributed by atoms with Crippen LogP contribution in [-0.4, -0.2) is 11.5 Å². The third-order valence-corrected chi connectivity index (χ3v) is 5.07.